The Morgan fingerprint density at radius 3 is 2.78 bits per heavy atom. The van der Waals surface area contributed by atoms with Gasteiger partial charge in [-0.1, -0.05) is 53.0 Å². The van der Waals surface area contributed by atoms with E-state index in [1.807, 2.05) is 0 Å². The summed E-state index contributed by atoms with van der Waals surface area (Å²) in [7, 11) is 0. The van der Waals surface area contributed by atoms with Crippen molar-refractivity contribution < 1.29 is 0 Å². The second kappa shape index (κ2) is 2.92. The minimum atomic E-state index is 0.433. The molecule has 0 saturated heterocycles. The van der Waals surface area contributed by atoms with Crippen molar-refractivity contribution >= 4 is 39.7 Å². The van der Waals surface area contributed by atoms with Gasteiger partial charge in [0.25, 0.3) is 0 Å². The molecule has 0 fully saturated rings. The first-order valence-electron chi connectivity index (χ1n) is 2.75. The van der Waals surface area contributed by atoms with Crippen LogP contribution in [0.5, 0.6) is 0 Å². The first-order valence-corrected chi connectivity index (χ1v) is 4.40. The SMILES string of the molecule is CC1=CC=CC(I)C1=S. The Morgan fingerprint density at radius 2 is 2.33 bits per heavy atom. The summed E-state index contributed by atoms with van der Waals surface area (Å²) in [5.41, 5.74) is 1.23. The molecule has 0 aromatic carbocycles. The van der Waals surface area contributed by atoms with Crippen molar-refractivity contribution in [3.63, 3.8) is 0 Å². The van der Waals surface area contributed by atoms with Crippen LogP contribution >= 0.6 is 34.8 Å². The molecule has 0 heterocycles. The van der Waals surface area contributed by atoms with Gasteiger partial charge >= 0.3 is 0 Å². The number of hydrogen-bond acceptors (Lipinski definition) is 1. The highest BCUT2D eigenvalue weighted by molar-refractivity contribution is 14.1. The van der Waals surface area contributed by atoms with E-state index in [2.05, 4.69) is 47.7 Å². The van der Waals surface area contributed by atoms with Gasteiger partial charge in [-0.2, -0.15) is 0 Å². The van der Waals surface area contributed by atoms with E-state index in [4.69, 9.17) is 12.2 Å². The lowest BCUT2D eigenvalue weighted by Crippen LogP contribution is -2.11. The summed E-state index contributed by atoms with van der Waals surface area (Å²) in [4.78, 5) is 1.07. The van der Waals surface area contributed by atoms with Crippen molar-refractivity contribution in [2.45, 2.75) is 10.8 Å². The number of rotatable bonds is 0. The Bertz CT molecular complexity index is 191. The molecule has 0 radical (unpaired) electrons. The molecule has 1 unspecified atom stereocenters. The van der Waals surface area contributed by atoms with E-state index in [-0.39, 0.29) is 0 Å². The molecule has 0 aromatic rings. The van der Waals surface area contributed by atoms with E-state index in [1.165, 1.54) is 5.57 Å². The largest absolute Gasteiger partial charge is 0.0831 e. The quantitative estimate of drug-likeness (QED) is 0.362. The average Bonchev–Trinajstić information content (AvgIpc) is 1.83. The fourth-order valence-electron chi connectivity index (χ4n) is 0.684. The number of thiocarbonyl (C=S) groups is 1. The van der Waals surface area contributed by atoms with Crippen molar-refractivity contribution in [2.24, 2.45) is 0 Å². The van der Waals surface area contributed by atoms with Crippen LogP contribution < -0.4 is 0 Å². The molecular formula is C7H7IS. The van der Waals surface area contributed by atoms with Gasteiger partial charge in [0.05, 0.1) is 3.92 Å². The summed E-state index contributed by atoms with van der Waals surface area (Å²) < 4.78 is 0.433. The van der Waals surface area contributed by atoms with Crippen molar-refractivity contribution in [3.8, 4) is 0 Å². The van der Waals surface area contributed by atoms with Gasteiger partial charge in [0, 0.05) is 4.86 Å². The Balaban J connectivity index is 2.86. The molecule has 0 nitrogen and oxygen atoms in total. The second-order valence-electron chi connectivity index (χ2n) is 2.00. The molecule has 1 rings (SSSR count). The molecule has 0 aliphatic heterocycles. The first kappa shape index (κ1) is 7.41. The molecule has 1 aliphatic rings. The van der Waals surface area contributed by atoms with Gasteiger partial charge in [0.15, 0.2) is 0 Å². The van der Waals surface area contributed by atoms with Crippen LogP contribution in [0, 0.1) is 0 Å². The molecule has 0 aromatic heterocycles. The van der Waals surface area contributed by atoms with Crippen LogP contribution in [0.25, 0.3) is 0 Å². The van der Waals surface area contributed by atoms with Crippen LogP contribution in [0.4, 0.5) is 0 Å². The molecule has 0 bridgehead atoms. The molecule has 0 amide bonds. The van der Waals surface area contributed by atoms with Gasteiger partial charge < -0.3 is 0 Å². The van der Waals surface area contributed by atoms with Crippen molar-refractivity contribution in [1.82, 2.24) is 0 Å². The minimum absolute atomic E-state index is 0.433. The van der Waals surface area contributed by atoms with E-state index >= 15 is 0 Å². The zero-order valence-electron chi connectivity index (χ0n) is 5.10. The van der Waals surface area contributed by atoms with Crippen LogP contribution in [0.2, 0.25) is 0 Å². The van der Waals surface area contributed by atoms with E-state index < -0.39 is 0 Å². The maximum Gasteiger partial charge on any atom is 0.0647 e. The van der Waals surface area contributed by atoms with E-state index in [0.29, 0.717) is 3.92 Å². The molecule has 2 heteroatoms. The highest BCUT2D eigenvalue weighted by atomic mass is 127. The number of hydrogen-bond donors (Lipinski definition) is 0. The summed E-state index contributed by atoms with van der Waals surface area (Å²) >= 11 is 7.45. The lowest BCUT2D eigenvalue weighted by Gasteiger charge is -2.10. The van der Waals surface area contributed by atoms with Gasteiger partial charge in [-0.05, 0) is 12.5 Å². The van der Waals surface area contributed by atoms with Gasteiger partial charge in [0.2, 0.25) is 0 Å². The third-order valence-electron chi connectivity index (χ3n) is 1.27. The summed E-state index contributed by atoms with van der Waals surface area (Å²) in [6.45, 7) is 2.05. The zero-order chi connectivity index (χ0) is 6.85. The summed E-state index contributed by atoms with van der Waals surface area (Å²) in [5, 5.41) is 0. The first-order chi connectivity index (χ1) is 4.22. The molecule has 0 N–H and O–H groups in total. The lowest BCUT2D eigenvalue weighted by atomic mass is 10.1. The van der Waals surface area contributed by atoms with Crippen LogP contribution in [0.3, 0.4) is 0 Å². The maximum absolute atomic E-state index is 5.12. The van der Waals surface area contributed by atoms with Gasteiger partial charge in [0.1, 0.15) is 0 Å². The van der Waals surface area contributed by atoms with Crippen molar-refractivity contribution in [3.05, 3.63) is 23.8 Å². The normalized spacial score (nSPS) is 26.2. The second-order valence-corrected chi connectivity index (χ2v) is 3.78. The van der Waals surface area contributed by atoms with Crippen molar-refractivity contribution in [2.75, 3.05) is 0 Å². The Hall–Kier alpha value is 0.300. The summed E-state index contributed by atoms with van der Waals surface area (Å²) in [5.74, 6) is 0. The third kappa shape index (κ3) is 1.61. The molecule has 48 valence electrons. The Morgan fingerprint density at radius 1 is 1.67 bits per heavy atom. The van der Waals surface area contributed by atoms with Crippen LogP contribution in [0.15, 0.2) is 23.8 Å². The minimum Gasteiger partial charge on any atom is -0.0831 e. The summed E-state index contributed by atoms with van der Waals surface area (Å²) in [6, 6.07) is 0. The number of alkyl halides is 1. The zero-order valence-corrected chi connectivity index (χ0v) is 8.07. The fourth-order valence-corrected chi connectivity index (χ4v) is 1.56. The van der Waals surface area contributed by atoms with Gasteiger partial charge in [-0.25, -0.2) is 0 Å². The topological polar surface area (TPSA) is 0 Å². The standard InChI is InChI=1S/C7H7IS/c1-5-3-2-4-6(8)7(5)9/h2-4,6H,1H3. The monoisotopic (exact) mass is 250 g/mol. The molecule has 1 atom stereocenters. The number of allylic oxidation sites excluding steroid dienone is 4. The van der Waals surface area contributed by atoms with Gasteiger partial charge in [-0.3, -0.25) is 0 Å². The fraction of sp³-hybridized carbons (Fsp3) is 0.286. The molecule has 0 saturated carbocycles. The van der Waals surface area contributed by atoms with Crippen molar-refractivity contribution in [1.29, 1.82) is 0 Å². The molecular weight excluding hydrogens is 243 g/mol. The van der Waals surface area contributed by atoms with Crippen LogP contribution in [-0.4, -0.2) is 8.79 Å². The number of halogens is 1. The predicted molar refractivity (Wildman–Crippen MR) is 53.3 cm³/mol. The molecule has 1 aliphatic carbocycles. The average molecular weight is 250 g/mol. The Kier molecular flexibility index (Phi) is 2.41. The molecule has 0 spiro atoms. The maximum atomic E-state index is 5.12. The van der Waals surface area contributed by atoms with E-state index in [0.717, 1.165) is 4.86 Å². The van der Waals surface area contributed by atoms with Crippen LogP contribution in [0.1, 0.15) is 6.92 Å². The van der Waals surface area contributed by atoms with Gasteiger partial charge in [-0.15, -0.1) is 0 Å². The predicted octanol–water partition coefficient (Wildman–Crippen LogP) is 2.68. The van der Waals surface area contributed by atoms with E-state index in [9.17, 15) is 0 Å². The summed E-state index contributed by atoms with van der Waals surface area (Å²) in [6.07, 6.45) is 6.22. The highest BCUT2D eigenvalue weighted by Crippen LogP contribution is 2.16. The Labute approximate surface area is 74.2 Å². The lowest BCUT2D eigenvalue weighted by molar-refractivity contribution is 1.47. The smallest absolute Gasteiger partial charge is 0.0647 e. The third-order valence-corrected chi connectivity index (χ3v) is 3.30. The van der Waals surface area contributed by atoms with E-state index in [1.54, 1.807) is 0 Å². The molecule has 9 heavy (non-hydrogen) atoms. The highest BCUT2D eigenvalue weighted by Gasteiger charge is 2.10. The van der Waals surface area contributed by atoms with Crippen LogP contribution in [-0.2, 0) is 0 Å².